The first-order chi connectivity index (χ1) is 8.04. The monoisotopic (exact) mass is 298 g/mol. The number of aliphatic hydroxyl groups excluding tert-OH is 1. The van der Waals surface area contributed by atoms with Crippen molar-refractivity contribution in [3.8, 4) is 5.69 Å². The van der Waals surface area contributed by atoms with Crippen LogP contribution < -0.4 is 0 Å². The summed E-state index contributed by atoms with van der Waals surface area (Å²) in [6, 6.07) is 4.62. The number of halogens is 2. The Morgan fingerprint density at radius 2 is 2.12 bits per heavy atom. The fourth-order valence-electron chi connectivity index (χ4n) is 1.68. The van der Waals surface area contributed by atoms with Crippen LogP contribution in [0.4, 0.5) is 4.39 Å². The molecule has 3 nitrogen and oxygen atoms in total. The van der Waals surface area contributed by atoms with Crippen LogP contribution in [0, 0.1) is 19.7 Å². The third-order valence-electron chi connectivity index (χ3n) is 2.63. The standard InChI is InChI=1S/C12H12BrFN2O/c1-7-12(13)8(2)16(15-7)11-4-3-9(6-17)5-10(11)14/h3-5,17H,6H2,1-2H3. The van der Waals surface area contributed by atoms with E-state index in [2.05, 4.69) is 21.0 Å². The fourth-order valence-corrected chi connectivity index (χ4v) is 1.93. The third kappa shape index (κ3) is 2.12. The van der Waals surface area contributed by atoms with Crippen molar-refractivity contribution in [3.05, 3.63) is 45.4 Å². The second kappa shape index (κ2) is 4.58. The lowest BCUT2D eigenvalue weighted by Crippen LogP contribution is -2.03. The van der Waals surface area contributed by atoms with Gasteiger partial charge in [0, 0.05) is 0 Å². The van der Waals surface area contributed by atoms with Gasteiger partial charge in [0.15, 0.2) is 0 Å². The molecule has 1 heterocycles. The lowest BCUT2D eigenvalue weighted by molar-refractivity contribution is 0.281. The zero-order valence-electron chi connectivity index (χ0n) is 9.54. The van der Waals surface area contributed by atoms with Gasteiger partial charge in [0.05, 0.1) is 22.5 Å². The number of aromatic nitrogens is 2. The molecule has 0 bridgehead atoms. The molecule has 90 valence electrons. The van der Waals surface area contributed by atoms with Crippen LogP contribution in [-0.2, 0) is 6.61 Å². The first kappa shape index (κ1) is 12.3. The van der Waals surface area contributed by atoms with Gasteiger partial charge in [-0.3, -0.25) is 0 Å². The third-order valence-corrected chi connectivity index (χ3v) is 3.77. The van der Waals surface area contributed by atoms with Crippen molar-refractivity contribution in [3.63, 3.8) is 0 Å². The second-order valence-electron chi connectivity index (χ2n) is 3.84. The molecule has 1 aromatic carbocycles. The van der Waals surface area contributed by atoms with Gasteiger partial charge in [0.25, 0.3) is 0 Å². The molecule has 0 aliphatic carbocycles. The Balaban J connectivity index is 2.57. The summed E-state index contributed by atoms with van der Waals surface area (Å²) in [5.41, 5.74) is 2.59. The van der Waals surface area contributed by atoms with Crippen LogP contribution >= 0.6 is 15.9 Å². The highest BCUT2D eigenvalue weighted by molar-refractivity contribution is 9.10. The normalized spacial score (nSPS) is 10.9. The van der Waals surface area contributed by atoms with Gasteiger partial charge in [-0.15, -0.1) is 0 Å². The highest BCUT2D eigenvalue weighted by Gasteiger charge is 2.13. The van der Waals surface area contributed by atoms with Crippen LogP contribution in [0.3, 0.4) is 0 Å². The summed E-state index contributed by atoms with van der Waals surface area (Å²) in [6.07, 6.45) is 0. The molecule has 0 saturated carbocycles. The number of nitrogens with zero attached hydrogens (tertiary/aromatic N) is 2. The predicted octanol–water partition coefficient (Wildman–Crippen LogP) is 2.88. The lowest BCUT2D eigenvalue weighted by Gasteiger charge is -2.07. The first-order valence-electron chi connectivity index (χ1n) is 5.16. The van der Waals surface area contributed by atoms with Crippen molar-refractivity contribution in [2.45, 2.75) is 20.5 Å². The van der Waals surface area contributed by atoms with Gasteiger partial charge in [0.1, 0.15) is 11.5 Å². The van der Waals surface area contributed by atoms with E-state index in [1.807, 2.05) is 13.8 Å². The maximum absolute atomic E-state index is 13.9. The largest absolute Gasteiger partial charge is 0.392 e. The summed E-state index contributed by atoms with van der Waals surface area (Å²) in [4.78, 5) is 0. The molecule has 0 fully saturated rings. The number of aryl methyl sites for hydroxylation is 1. The van der Waals surface area contributed by atoms with Crippen molar-refractivity contribution in [2.24, 2.45) is 0 Å². The summed E-state index contributed by atoms with van der Waals surface area (Å²) in [5, 5.41) is 13.2. The van der Waals surface area contributed by atoms with Crippen LogP contribution in [0.25, 0.3) is 5.69 Å². The van der Waals surface area contributed by atoms with Gasteiger partial charge in [-0.25, -0.2) is 9.07 Å². The molecule has 1 aromatic heterocycles. The molecule has 0 atom stereocenters. The van der Waals surface area contributed by atoms with E-state index in [1.54, 1.807) is 16.8 Å². The fraction of sp³-hybridized carbons (Fsp3) is 0.250. The average molecular weight is 299 g/mol. The smallest absolute Gasteiger partial charge is 0.149 e. The maximum Gasteiger partial charge on any atom is 0.149 e. The van der Waals surface area contributed by atoms with E-state index in [0.717, 1.165) is 15.9 Å². The Kier molecular flexibility index (Phi) is 3.31. The highest BCUT2D eigenvalue weighted by atomic mass is 79.9. The van der Waals surface area contributed by atoms with Crippen LogP contribution in [-0.4, -0.2) is 14.9 Å². The van der Waals surface area contributed by atoms with E-state index >= 15 is 0 Å². The minimum absolute atomic E-state index is 0.169. The Bertz CT molecular complexity index is 566. The van der Waals surface area contributed by atoms with E-state index in [1.165, 1.54) is 6.07 Å². The van der Waals surface area contributed by atoms with Crippen molar-refractivity contribution in [2.75, 3.05) is 0 Å². The summed E-state index contributed by atoms with van der Waals surface area (Å²) < 4.78 is 16.3. The van der Waals surface area contributed by atoms with Crippen molar-refractivity contribution < 1.29 is 9.50 Å². The topological polar surface area (TPSA) is 38.0 Å². The van der Waals surface area contributed by atoms with Crippen molar-refractivity contribution in [1.82, 2.24) is 9.78 Å². The average Bonchev–Trinajstić information content (AvgIpc) is 2.57. The Labute approximate surface area is 107 Å². The van der Waals surface area contributed by atoms with E-state index < -0.39 is 5.82 Å². The molecule has 0 saturated heterocycles. The number of aliphatic hydroxyl groups is 1. The van der Waals surface area contributed by atoms with E-state index in [9.17, 15) is 4.39 Å². The predicted molar refractivity (Wildman–Crippen MR) is 66.6 cm³/mol. The Hall–Kier alpha value is -1.20. The van der Waals surface area contributed by atoms with E-state index in [0.29, 0.717) is 11.3 Å². The lowest BCUT2D eigenvalue weighted by atomic mass is 10.2. The molecule has 0 spiro atoms. The number of hydrogen-bond acceptors (Lipinski definition) is 2. The molecule has 17 heavy (non-hydrogen) atoms. The summed E-state index contributed by atoms with van der Waals surface area (Å²) in [6.45, 7) is 3.55. The Morgan fingerprint density at radius 3 is 2.59 bits per heavy atom. The van der Waals surface area contributed by atoms with Gasteiger partial charge in [-0.05, 0) is 47.5 Å². The van der Waals surface area contributed by atoms with Crippen molar-refractivity contribution >= 4 is 15.9 Å². The molecule has 2 rings (SSSR count). The number of rotatable bonds is 2. The molecular weight excluding hydrogens is 287 g/mol. The van der Waals surface area contributed by atoms with Crippen molar-refractivity contribution in [1.29, 1.82) is 0 Å². The molecule has 0 unspecified atom stereocenters. The van der Waals surface area contributed by atoms with Crippen LogP contribution in [0.15, 0.2) is 22.7 Å². The van der Waals surface area contributed by atoms with Gasteiger partial charge in [-0.1, -0.05) is 6.07 Å². The van der Waals surface area contributed by atoms with E-state index in [4.69, 9.17) is 5.11 Å². The van der Waals surface area contributed by atoms with Gasteiger partial charge in [-0.2, -0.15) is 5.10 Å². The number of hydrogen-bond donors (Lipinski definition) is 1. The molecule has 0 aliphatic heterocycles. The number of benzene rings is 1. The molecule has 0 radical (unpaired) electrons. The van der Waals surface area contributed by atoms with Crippen LogP contribution in [0.2, 0.25) is 0 Å². The molecule has 0 aliphatic rings. The zero-order chi connectivity index (χ0) is 12.6. The van der Waals surface area contributed by atoms with Gasteiger partial charge >= 0.3 is 0 Å². The molecule has 2 aromatic rings. The maximum atomic E-state index is 13.9. The molecule has 0 amide bonds. The first-order valence-corrected chi connectivity index (χ1v) is 5.95. The quantitative estimate of drug-likeness (QED) is 0.926. The van der Waals surface area contributed by atoms with Crippen LogP contribution in [0.1, 0.15) is 17.0 Å². The minimum atomic E-state index is -0.394. The SMILES string of the molecule is Cc1nn(-c2ccc(CO)cc2F)c(C)c1Br. The highest BCUT2D eigenvalue weighted by Crippen LogP contribution is 2.24. The minimum Gasteiger partial charge on any atom is -0.392 e. The zero-order valence-corrected chi connectivity index (χ0v) is 11.1. The second-order valence-corrected chi connectivity index (χ2v) is 4.63. The van der Waals surface area contributed by atoms with Gasteiger partial charge < -0.3 is 5.11 Å². The molecule has 5 heteroatoms. The summed E-state index contributed by atoms with van der Waals surface area (Å²) >= 11 is 3.40. The van der Waals surface area contributed by atoms with Crippen LogP contribution in [0.5, 0.6) is 0 Å². The Morgan fingerprint density at radius 1 is 1.41 bits per heavy atom. The molecule has 1 N–H and O–H groups in total. The molecular formula is C12H12BrFN2O. The van der Waals surface area contributed by atoms with E-state index in [-0.39, 0.29) is 6.61 Å². The summed E-state index contributed by atoms with van der Waals surface area (Å²) in [7, 11) is 0. The van der Waals surface area contributed by atoms with Gasteiger partial charge in [0.2, 0.25) is 0 Å². The summed E-state index contributed by atoms with van der Waals surface area (Å²) in [5.74, 6) is -0.394.